The number of benzene rings is 1. The molecule has 2 saturated heterocycles. The number of hydrogen-bond acceptors (Lipinski definition) is 5. The number of anilines is 1. The third-order valence-corrected chi connectivity index (χ3v) is 9.09. The predicted molar refractivity (Wildman–Crippen MR) is 127 cm³/mol. The van der Waals surface area contributed by atoms with Crippen molar-refractivity contribution in [3.63, 3.8) is 0 Å². The third kappa shape index (κ3) is 3.49. The lowest BCUT2D eigenvalue weighted by Crippen LogP contribution is -2.55. The van der Waals surface area contributed by atoms with Gasteiger partial charge in [0.2, 0.25) is 0 Å². The maximum absolute atomic E-state index is 12.9. The summed E-state index contributed by atoms with van der Waals surface area (Å²) in [5.74, 6) is 0.000175. The maximum atomic E-state index is 12.9. The van der Waals surface area contributed by atoms with Gasteiger partial charge in [-0.2, -0.15) is 0 Å². The van der Waals surface area contributed by atoms with Gasteiger partial charge in [-0.25, -0.2) is 0 Å². The van der Waals surface area contributed by atoms with Gasteiger partial charge in [0.1, 0.15) is 6.10 Å². The quantitative estimate of drug-likeness (QED) is 0.576. The van der Waals surface area contributed by atoms with Crippen LogP contribution in [0.5, 0.6) is 0 Å². The Morgan fingerprint density at radius 2 is 1.94 bits per heavy atom. The average molecular weight is 439 g/mol. The minimum Gasteiger partial charge on any atom is -0.461 e. The molecule has 1 aromatic carbocycles. The summed E-state index contributed by atoms with van der Waals surface area (Å²) in [6.45, 7) is 13.3. The first kappa shape index (κ1) is 22.0. The molecule has 2 aliphatic carbocycles. The number of nitrogens with zero attached hydrogens (tertiary/aromatic N) is 2. The Kier molecular flexibility index (Phi) is 5.61. The zero-order valence-corrected chi connectivity index (χ0v) is 20.0. The van der Waals surface area contributed by atoms with Crippen molar-refractivity contribution >= 4 is 11.7 Å². The molecular formula is C27H38N2O3. The van der Waals surface area contributed by atoms with E-state index in [-0.39, 0.29) is 29.3 Å². The molecule has 5 rings (SSSR count). The van der Waals surface area contributed by atoms with Gasteiger partial charge in [-0.3, -0.25) is 9.69 Å². The van der Waals surface area contributed by atoms with Crippen LogP contribution in [0.25, 0.3) is 0 Å². The van der Waals surface area contributed by atoms with Crippen molar-refractivity contribution in [3.8, 4) is 0 Å². The van der Waals surface area contributed by atoms with Crippen LogP contribution in [0.3, 0.4) is 0 Å². The van der Waals surface area contributed by atoms with Gasteiger partial charge in [-0.15, -0.1) is 0 Å². The first-order chi connectivity index (χ1) is 15.3. The summed E-state index contributed by atoms with van der Waals surface area (Å²) in [5.41, 5.74) is 5.01. The number of hydrogen-bond donors (Lipinski definition) is 1. The Bertz CT molecular complexity index is 919. The van der Waals surface area contributed by atoms with Crippen molar-refractivity contribution in [1.29, 1.82) is 0 Å². The molecule has 174 valence electrons. The van der Waals surface area contributed by atoms with Crippen LogP contribution >= 0.6 is 0 Å². The molecule has 0 bridgehead atoms. The molecule has 0 aromatic heterocycles. The van der Waals surface area contributed by atoms with E-state index in [1.165, 1.54) is 22.4 Å². The summed E-state index contributed by atoms with van der Waals surface area (Å²) < 4.78 is 5.86. The van der Waals surface area contributed by atoms with E-state index >= 15 is 0 Å². The lowest BCUT2D eigenvalue weighted by atomic mass is 9.55. The van der Waals surface area contributed by atoms with Crippen molar-refractivity contribution < 1.29 is 14.6 Å². The van der Waals surface area contributed by atoms with Crippen LogP contribution in [0, 0.1) is 37.0 Å². The van der Waals surface area contributed by atoms with Crippen molar-refractivity contribution in [2.75, 3.05) is 37.6 Å². The number of allylic oxidation sites excluding steroid dienone is 1. The molecule has 1 N–H and O–H groups in total. The first-order valence-corrected chi connectivity index (χ1v) is 12.4. The van der Waals surface area contributed by atoms with Gasteiger partial charge in [0.05, 0.1) is 12.0 Å². The van der Waals surface area contributed by atoms with E-state index in [2.05, 4.69) is 61.8 Å². The molecule has 5 heteroatoms. The number of carbonyl (C=O) groups excluding carboxylic acids is 1. The zero-order valence-electron chi connectivity index (χ0n) is 20.0. The summed E-state index contributed by atoms with van der Waals surface area (Å²) in [7, 11) is 0. The Morgan fingerprint density at radius 1 is 1.19 bits per heavy atom. The van der Waals surface area contributed by atoms with Gasteiger partial charge in [-0.1, -0.05) is 43.2 Å². The van der Waals surface area contributed by atoms with E-state index in [4.69, 9.17) is 4.74 Å². The Morgan fingerprint density at radius 3 is 2.66 bits per heavy atom. The Balaban J connectivity index is 1.27. The molecule has 0 spiro atoms. The largest absolute Gasteiger partial charge is 0.461 e. The third-order valence-electron chi connectivity index (χ3n) is 9.09. The molecule has 4 aliphatic rings. The lowest BCUT2D eigenvalue weighted by molar-refractivity contribution is -0.145. The van der Waals surface area contributed by atoms with Crippen LogP contribution in [0.4, 0.5) is 5.69 Å². The first-order valence-electron chi connectivity index (χ1n) is 12.4. The number of aliphatic hydroxyl groups is 1. The number of carbonyl (C=O) groups is 1. The minimum atomic E-state index is -0.518. The number of esters is 1. The number of ether oxygens (including phenoxy) is 1. The second-order valence-electron chi connectivity index (χ2n) is 10.9. The second kappa shape index (κ2) is 8.18. The SMILES string of the molecule is Cc1ccc(N2CCN(C[C@@H]3C(=O)O[C@@H]4CC5=CCC[C@H](C)[C@@]5(C)[C@@H](O)[C@@H]34)CC2)c(C)c1. The number of aliphatic hydroxyl groups excluding tert-OH is 1. The fourth-order valence-corrected chi connectivity index (χ4v) is 6.88. The van der Waals surface area contributed by atoms with Crippen molar-refractivity contribution in [1.82, 2.24) is 4.90 Å². The zero-order chi connectivity index (χ0) is 22.6. The van der Waals surface area contributed by atoms with Crippen LogP contribution in [0.15, 0.2) is 29.8 Å². The monoisotopic (exact) mass is 438 g/mol. The molecule has 0 unspecified atom stereocenters. The standard InChI is InChI=1S/C27H38N2O3/c1-17-8-9-22(18(2)14-17)29-12-10-28(11-13-29)16-21-24-23(32-26(21)31)15-20-7-5-6-19(3)27(20,4)25(24)30/h7-9,14,19,21,23-25,30H,5-6,10-13,15-16H2,1-4H3/t19-,21-,23+,24-,25-,27+/m0/s1. The fraction of sp³-hybridized carbons (Fsp3) is 0.667. The van der Waals surface area contributed by atoms with E-state index < -0.39 is 6.10 Å². The van der Waals surface area contributed by atoms with E-state index in [0.717, 1.165) is 45.4 Å². The number of aryl methyl sites for hydroxylation is 2. The molecule has 3 fully saturated rings. The Hall–Kier alpha value is -1.85. The van der Waals surface area contributed by atoms with Crippen LogP contribution in [-0.2, 0) is 9.53 Å². The van der Waals surface area contributed by atoms with Gasteiger partial charge in [0, 0.05) is 56.2 Å². The molecule has 2 aliphatic heterocycles. The predicted octanol–water partition coefficient (Wildman–Crippen LogP) is 3.71. The van der Waals surface area contributed by atoms with Gasteiger partial charge in [-0.05, 0) is 44.2 Å². The van der Waals surface area contributed by atoms with Crippen molar-refractivity contribution in [2.45, 2.75) is 59.2 Å². The summed E-state index contributed by atoms with van der Waals surface area (Å²) >= 11 is 0. The van der Waals surface area contributed by atoms with Crippen LogP contribution in [0.2, 0.25) is 0 Å². The Labute approximate surface area is 192 Å². The summed E-state index contributed by atoms with van der Waals surface area (Å²) in [6, 6.07) is 6.66. The molecule has 1 saturated carbocycles. The van der Waals surface area contributed by atoms with Crippen molar-refractivity contribution in [3.05, 3.63) is 41.0 Å². The molecule has 1 aromatic rings. The molecule has 0 radical (unpaired) electrons. The minimum absolute atomic E-state index is 0.0948. The normalized spacial score (nSPS) is 37.5. The summed E-state index contributed by atoms with van der Waals surface area (Å²) in [6.07, 6.45) is 4.59. The maximum Gasteiger partial charge on any atom is 0.311 e. The van der Waals surface area contributed by atoms with Crippen LogP contribution in [0.1, 0.15) is 44.2 Å². The van der Waals surface area contributed by atoms with Gasteiger partial charge in [0.25, 0.3) is 0 Å². The summed E-state index contributed by atoms with van der Waals surface area (Å²) in [5, 5.41) is 11.6. The van der Waals surface area contributed by atoms with Gasteiger partial charge >= 0.3 is 5.97 Å². The highest BCUT2D eigenvalue weighted by atomic mass is 16.6. The fourth-order valence-electron chi connectivity index (χ4n) is 6.88. The van der Waals surface area contributed by atoms with E-state index in [1.807, 2.05) is 0 Å². The highest BCUT2D eigenvalue weighted by Gasteiger charge is 2.59. The van der Waals surface area contributed by atoms with Crippen molar-refractivity contribution in [2.24, 2.45) is 23.2 Å². The average Bonchev–Trinajstić information content (AvgIpc) is 3.06. The van der Waals surface area contributed by atoms with Crippen LogP contribution in [-0.4, -0.2) is 60.9 Å². The number of piperazine rings is 1. The molecule has 32 heavy (non-hydrogen) atoms. The summed E-state index contributed by atoms with van der Waals surface area (Å²) in [4.78, 5) is 17.8. The molecule has 2 heterocycles. The van der Waals surface area contributed by atoms with E-state index in [1.54, 1.807) is 0 Å². The van der Waals surface area contributed by atoms with Gasteiger partial charge in [0.15, 0.2) is 0 Å². The molecular weight excluding hydrogens is 400 g/mol. The number of fused-ring (bicyclic) bond motifs is 2. The van der Waals surface area contributed by atoms with Gasteiger partial charge < -0.3 is 14.7 Å². The van der Waals surface area contributed by atoms with E-state index in [0.29, 0.717) is 12.5 Å². The topological polar surface area (TPSA) is 53.0 Å². The smallest absolute Gasteiger partial charge is 0.311 e. The molecule has 6 atom stereocenters. The molecule has 0 amide bonds. The number of rotatable bonds is 3. The lowest BCUT2D eigenvalue weighted by Gasteiger charge is -2.52. The van der Waals surface area contributed by atoms with Crippen LogP contribution < -0.4 is 4.90 Å². The van der Waals surface area contributed by atoms with E-state index in [9.17, 15) is 9.90 Å². The highest BCUT2D eigenvalue weighted by molar-refractivity contribution is 5.76. The second-order valence-corrected chi connectivity index (χ2v) is 10.9. The highest BCUT2D eigenvalue weighted by Crippen LogP contribution is 2.56. The molecule has 5 nitrogen and oxygen atoms in total.